The van der Waals surface area contributed by atoms with Crippen LogP contribution in [0.25, 0.3) is 10.8 Å². The molecule has 0 aliphatic heterocycles. The smallest absolute Gasteiger partial charge is 0.292 e. The van der Waals surface area contributed by atoms with Crippen LogP contribution in [0.3, 0.4) is 0 Å². The summed E-state index contributed by atoms with van der Waals surface area (Å²) in [6.45, 7) is 1.93. The molecule has 0 radical (unpaired) electrons. The Morgan fingerprint density at radius 1 is 1.10 bits per heavy atom. The molecule has 1 heterocycles. The third-order valence-electron chi connectivity index (χ3n) is 4.52. The van der Waals surface area contributed by atoms with Crippen molar-refractivity contribution in [3.8, 4) is 11.5 Å². The standard InChI is InChI=1S/C21H22N4O4/c1-5-16(13-10-11-17(28-3)18(12-13)29-4)22-23-20(26)19-14-8-6-7-9-15(14)21(27)25(2)24-19/h6-12H,5H2,1-4H3,(H,23,26). The normalized spacial score (nSPS) is 11.4. The Morgan fingerprint density at radius 3 is 2.45 bits per heavy atom. The van der Waals surface area contributed by atoms with Crippen molar-refractivity contribution < 1.29 is 14.3 Å². The van der Waals surface area contributed by atoms with Crippen molar-refractivity contribution in [2.45, 2.75) is 13.3 Å². The van der Waals surface area contributed by atoms with Gasteiger partial charge in [-0.2, -0.15) is 10.2 Å². The lowest BCUT2D eigenvalue weighted by molar-refractivity contribution is 0.0949. The number of rotatable bonds is 6. The Hall–Kier alpha value is -3.68. The largest absolute Gasteiger partial charge is 0.493 e. The van der Waals surface area contributed by atoms with Gasteiger partial charge in [0.2, 0.25) is 0 Å². The Morgan fingerprint density at radius 2 is 1.79 bits per heavy atom. The molecule has 1 amide bonds. The van der Waals surface area contributed by atoms with Gasteiger partial charge in [-0.05, 0) is 30.7 Å². The summed E-state index contributed by atoms with van der Waals surface area (Å²) in [5.74, 6) is 0.683. The number of amides is 1. The van der Waals surface area contributed by atoms with Crippen molar-refractivity contribution >= 4 is 22.4 Å². The Bertz CT molecular complexity index is 1150. The van der Waals surface area contributed by atoms with Gasteiger partial charge in [-0.25, -0.2) is 10.1 Å². The zero-order valence-electron chi connectivity index (χ0n) is 16.7. The van der Waals surface area contributed by atoms with E-state index in [2.05, 4.69) is 15.6 Å². The molecule has 0 unspecified atom stereocenters. The summed E-state index contributed by atoms with van der Waals surface area (Å²) in [6.07, 6.45) is 0.581. The quantitative estimate of drug-likeness (QED) is 0.512. The zero-order valence-corrected chi connectivity index (χ0v) is 16.7. The summed E-state index contributed by atoms with van der Waals surface area (Å²) in [4.78, 5) is 25.0. The molecule has 150 valence electrons. The van der Waals surface area contributed by atoms with Crippen molar-refractivity contribution in [1.82, 2.24) is 15.2 Å². The fraction of sp³-hybridized carbons (Fsp3) is 0.238. The monoisotopic (exact) mass is 394 g/mol. The van der Waals surface area contributed by atoms with Gasteiger partial charge in [0.15, 0.2) is 17.2 Å². The third kappa shape index (κ3) is 3.96. The molecule has 0 aliphatic rings. The number of nitrogens with zero attached hydrogens (tertiary/aromatic N) is 3. The number of methoxy groups -OCH3 is 2. The molecule has 0 fully saturated rings. The van der Waals surface area contributed by atoms with Crippen LogP contribution < -0.4 is 20.5 Å². The van der Waals surface area contributed by atoms with Gasteiger partial charge in [-0.15, -0.1) is 0 Å². The first-order valence-corrected chi connectivity index (χ1v) is 9.05. The lowest BCUT2D eigenvalue weighted by Crippen LogP contribution is -2.27. The number of hydrogen-bond acceptors (Lipinski definition) is 6. The van der Waals surface area contributed by atoms with E-state index in [1.54, 1.807) is 50.6 Å². The molecule has 0 saturated heterocycles. The summed E-state index contributed by atoms with van der Waals surface area (Å²) in [7, 11) is 4.63. The molecule has 2 aromatic carbocycles. The highest BCUT2D eigenvalue weighted by Crippen LogP contribution is 2.28. The van der Waals surface area contributed by atoms with Gasteiger partial charge in [0.25, 0.3) is 11.5 Å². The van der Waals surface area contributed by atoms with E-state index in [1.165, 1.54) is 7.05 Å². The van der Waals surface area contributed by atoms with Crippen molar-refractivity contribution in [2.75, 3.05) is 14.2 Å². The van der Waals surface area contributed by atoms with E-state index in [4.69, 9.17) is 9.47 Å². The van der Waals surface area contributed by atoms with Gasteiger partial charge < -0.3 is 9.47 Å². The minimum absolute atomic E-state index is 0.134. The van der Waals surface area contributed by atoms with Crippen LogP contribution >= 0.6 is 0 Å². The van der Waals surface area contributed by atoms with E-state index < -0.39 is 5.91 Å². The highest BCUT2D eigenvalue weighted by Gasteiger charge is 2.16. The van der Waals surface area contributed by atoms with E-state index >= 15 is 0 Å². The first-order valence-electron chi connectivity index (χ1n) is 9.05. The molecule has 1 aromatic heterocycles. The van der Waals surface area contributed by atoms with Crippen molar-refractivity contribution in [1.29, 1.82) is 0 Å². The molecule has 29 heavy (non-hydrogen) atoms. The first-order chi connectivity index (χ1) is 14.0. The van der Waals surface area contributed by atoms with Gasteiger partial charge >= 0.3 is 0 Å². The van der Waals surface area contributed by atoms with Crippen molar-refractivity contribution in [3.05, 3.63) is 64.1 Å². The Kier molecular flexibility index (Phi) is 5.92. The maximum atomic E-state index is 12.8. The lowest BCUT2D eigenvalue weighted by atomic mass is 10.1. The second kappa shape index (κ2) is 8.55. The molecule has 8 heteroatoms. The third-order valence-corrected chi connectivity index (χ3v) is 4.52. The predicted octanol–water partition coefficient (Wildman–Crippen LogP) is 2.49. The number of ether oxygens (including phenoxy) is 2. The number of aromatic nitrogens is 2. The summed E-state index contributed by atoms with van der Waals surface area (Å²) in [6, 6.07) is 12.3. The Balaban J connectivity index is 1.95. The summed E-state index contributed by atoms with van der Waals surface area (Å²) in [5.41, 5.74) is 3.88. The van der Waals surface area contributed by atoms with Gasteiger partial charge in [0.1, 0.15) is 0 Å². The minimum atomic E-state index is -0.497. The number of benzene rings is 2. The number of fused-ring (bicyclic) bond motifs is 1. The molecular formula is C21H22N4O4. The summed E-state index contributed by atoms with van der Waals surface area (Å²) >= 11 is 0. The molecule has 0 spiro atoms. The van der Waals surface area contributed by atoms with Crippen LogP contribution in [0.4, 0.5) is 0 Å². The maximum Gasteiger partial charge on any atom is 0.292 e. The number of carbonyl (C=O) groups excluding carboxylic acids is 1. The van der Waals surface area contributed by atoms with Crippen LogP contribution in [-0.4, -0.2) is 35.6 Å². The van der Waals surface area contributed by atoms with Crippen molar-refractivity contribution in [3.63, 3.8) is 0 Å². The van der Waals surface area contributed by atoms with Gasteiger partial charge in [0, 0.05) is 18.0 Å². The molecule has 0 atom stereocenters. The molecular weight excluding hydrogens is 372 g/mol. The molecule has 0 bridgehead atoms. The van der Waals surface area contributed by atoms with E-state index in [0.29, 0.717) is 34.4 Å². The van der Waals surface area contributed by atoms with E-state index in [1.807, 2.05) is 13.0 Å². The summed E-state index contributed by atoms with van der Waals surface area (Å²) < 4.78 is 11.7. The maximum absolute atomic E-state index is 12.8. The van der Waals surface area contributed by atoms with Crippen LogP contribution in [-0.2, 0) is 7.05 Å². The molecule has 1 N–H and O–H groups in total. The average Bonchev–Trinajstić information content (AvgIpc) is 2.76. The average molecular weight is 394 g/mol. The van der Waals surface area contributed by atoms with Crippen LogP contribution in [0.1, 0.15) is 29.4 Å². The molecule has 3 aromatic rings. The second-order valence-corrected chi connectivity index (χ2v) is 6.25. The number of hydrazone groups is 1. The lowest BCUT2D eigenvalue weighted by Gasteiger charge is -2.11. The van der Waals surface area contributed by atoms with Crippen LogP contribution in [0.2, 0.25) is 0 Å². The minimum Gasteiger partial charge on any atom is -0.493 e. The fourth-order valence-corrected chi connectivity index (χ4v) is 3.00. The SMILES string of the molecule is CCC(=NNC(=O)c1nn(C)c(=O)c2ccccc12)c1ccc(OC)c(OC)c1. The van der Waals surface area contributed by atoms with Crippen molar-refractivity contribution in [2.24, 2.45) is 12.1 Å². The van der Waals surface area contributed by atoms with Crippen LogP contribution in [0.5, 0.6) is 11.5 Å². The highest BCUT2D eigenvalue weighted by molar-refractivity contribution is 6.06. The van der Waals surface area contributed by atoms with Crippen LogP contribution in [0, 0.1) is 0 Å². The van der Waals surface area contributed by atoms with E-state index in [0.717, 1.165) is 10.2 Å². The first kappa shape index (κ1) is 20.1. The molecule has 3 rings (SSSR count). The number of nitrogens with one attached hydrogen (secondary N) is 1. The molecule has 0 saturated carbocycles. The zero-order chi connectivity index (χ0) is 21.0. The van der Waals surface area contributed by atoms with Gasteiger partial charge in [0.05, 0.1) is 25.3 Å². The van der Waals surface area contributed by atoms with E-state index in [9.17, 15) is 9.59 Å². The van der Waals surface area contributed by atoms with Gasteiger partial charge in [-0.3, -0.25) is 9.59 Å². The van der Waals surface area contributed by atoms with Crippen LogP contribution in [0.15, 0.2) is 52.4 Å². The molecule has 8 nitrogen and oxygen atoms in total. The second-order valence-electron chi connectivity index (χ2n) is 6.25. The predicted molar refractivity (Wildman–Crippen MR) is 111 cm³/mol. The highest BCUT2D eigenvalue weighted by atomic mass is 16.5. The summed E-state index contributed by atoms with van der Waals surface area (Å²) in [5, 5.41) is 9.29. The van der Waals surface area contributed by atoms with E-state index in [-0.39, 0.29) is 11.3 Å². The number of aryl methyl sites for hydroxylation is 1. The molecule has 0 aliphatic carbocycles. The fourth-order valence-electron chi connectivity index (χ4n) is 3.00. The van der Waals surface area contributed by atoms with Gasteiger partial charge in [-0.1, -0.05) is 25.1 Å². The topological polar surface area (TPSA) is 94.8 Å². The number of carbonyl (C=O) groups is 1. The number of hydrogen-bond donors (Lipinski definition) is 1. The Labute approximate surface area is 167 Å².